The first kappa shape index (κ1) is 35.0. The zero-order valence-electron chi connectivity index (χ0n) is 29.5. The second-order valence-corrected chi connectivity index (χ2v) is 14.6. The summed E-state index contributed by atoms with van der Waals surface area (Å²) in [6.45, 7) is 1.45. The van der Waals surface area contributed by atoms with E-state index in [2.05, 4.69) is 89.8 Å². The van der Waals surface area contributed by atoms with Gasteiger partial charge in [0.05, 0.1) is 27.0 Å². The van der Waals surface area contributed by atoms with Gasteiger partial charge in [0, 0.05) is 37.6 Å². The maximum atomic E-state index is 13.4. The Labute approximate surface area is 318 Å². The Balaban J connectivity index is 1.13. The number of carbonyl (C=O) groups excluding carboxylic acids is 4. The van der Waals surface area contributed by atoms with Crippen LogP contribution in [0.5, 0.6) is 0 Å². The molecule has 2 aliphatic heterocycles. The van der Waals surface area contributed by atoms with Crippen LogP contribution in [0.2, 0.25) is 0 Å². The number of rotatable bonds is 13. The second-order valence-electron chi connectivity index (χ2n) is 13.4. The van der Waals surface area contributed by atoms with E-state index in [1.54, 1.807) is 60.3 Å². The molecule has 4 amide bonds. The van der Waals surface area contributed by atoms with Crippen molar-refractivity contribution in [1.29, 1.82) is 0 Å². The summed E-state index contributed by atoms with van der Waals surface area (Å²) in [6, 6.07) is 53.6. The molecule has 0 saturated heterocycles. The standard InChI is InChI=1S/C46H37N3O4S/c50-42-37-23-11-12-24-38(37)43(51)48(42)30-28-47(29-31-49-44(52)39-25-13-14-26-40(39)45(49)53)32-33-16-10-15-27-41(33)54-46(34-17-4-1-5-18-34,35-19-6-2-7-20-35)36-21-8-3-9-22-36/h1-27H,28-32H2. The van der Waals surface area contributed by atoms with E-state index in [0.29, 0.717) is 41.9 Å². The predicted molar refractivity (Wildman–Crippen MR) is 210 cm³/mol. The largest absolute Gasteiger partial charge is 0.295 e. The Hall–Kier alpha value is -6.09. The molecule has 2 aliphatic rings. The minimum absolute atomic E-state index is 0.158. The first-order valence-corrected chi connectivity index (χ1v) is 18.8. The fourth-order valence-electron chi connectivity index (χ4n) is 7.47. The van der Waals surface area contributed by atoms with Crippen LogP contribution in [0.1, 0.15) is 63.7 Å². The van der Waals surface area contributed by atoms with Crippen molar-refractivity contribution < 1.29 is 19.2 Å². The van der Waals surface area contributed by atoms with Gasteiger partial charge in [-0.2, -0.15) is 0 Å². The van der Waals surface area contributed by atoms with Crippen LogP contribution in [0.3, 0.4) is 0 Å². The molecule has 0 fully saturated rings. The van der Waals surface area contributed by atoms with E-state index in [1.165, 1.54) is 9.80 Å². The van der Waals surface area contributed by atoms with E-state index < -0.39 is 4.75 Å². The van der Waals surface area contributed by atoms with Crippen molar-refractivity contribution in [2.45, 2.75) is 16.2 Å². The van der Waals surface area contributed by atoms with Crippen molar-refractivity contribution in [1.82, 2.24) is 14.7 Å². The van der Waals surface area contributed by atoms with Gasteiger partial charge in [0.15, 0.2) is 0 Å². The van der Waals surface area contributed by atoms with Crippen molar-refractivity contribution in [2.75, 3.05) is 26.2 Å². The SMILES string of the molecule is O=C1c2ccccc2C(=O)N1CCN(CCN1C(=O)c2ccccc2C1=O)Cc1ccccc1SC(c1ccccc1)(c1ccccc1)c1ccccc1. The maximum Gasteiger partial charge on any atom is 0.261 e. The normalized spacial score (nSPS) is 13.9. The number of hydrogen-bond donors (Lipinski definition) is 0. The van der Waals surface area contributed by atoms with Crippen molar-refractivity contribution in [2.24, 2.45) is 0 Å². The lowest BCUT2D eigenvalue weighted by Gasteiger charge is -2.36. The third-order valence-electron chi connectivity index (χ3n) is 10.2. The molecule has 6 aromatic rings. The van der Waals surface area contributed by atoms with Crippen molar-refractivity contribution in [3.8, 4) is 0 Å². The molecule has 2 heterocycles. The first-order chi connectivity index (χ1) is 26.5. The molecule has 54 heavy (non-hydrogen) atoms. The molecule has 0 bridgehead atoms. The summed E-state index contributed by atoms with van der Waals surface area (Å²) in [5, 5.41) is 0. The van der Waals surface area contributed by atoms with Gasteiger partial charge in [-0.25, -0.2) is 0 Å². The summed E-state index contributed by atoms with van der Waals surface area (Å²) in [5.74, 6) is -1.26. The van der Waals surface area contributed by atoms with Crippen molar-refractivity contribution in [3.05, 3.63) is 208 Å². The van der Waals surface area contributed by atoms with Gasteiger partial charge >= 0.3 is 0 Å². The number of amides is 4. The lowest BCUT2D eigenvalue weighted by atomic mass is 9.84. The van der Waals surface area contributed by atoms with Crippen molar-refractivity contribution >= 4 is 35.4 Å². The van der Waals surface area contributed by atoms with Gasteiger partial charge in [0.1, 0.15) is 0 Å². The molecule has 0 aromatic heterocycles. The minimum Gasteiger partial charge on any atom is -0.295 e. The molecule has 266 valence electrons. The number of hydrogen-bond acceptors (Lipinski definition) is 6. The number of thioether (sulfide) groups is 1. The quantitative estimate of drug-likeness (QED) is 0.0679. The summed E-state index contributed by atoms with van der Waals surface area (Å²) >= 11 is 1.77. The smallest absolute Gasteiger partial charge is 0.261 e. The minimum atomic E-state index is -0.606. The van der Waals surface area contributed by atoms with E-state index in [0.717, 1.165) is 27.1 Å². The molecule has 0 spiro atoms. The highest BCUT2D eigenvalue weighted by Crippen LogP contribution is 2.52. The highest BCUT2D eigenvalue weighted by molar-refractivity contribution is 8.00. The van der Waals surface area contributed by atoms with E-state index in [1.807, 2.05) is 30.3 Å². The molecule has 0 unspecified atom stereocenters. The number of fused-ring (bicyclic) bond motifs is 2. The highest BCUT2D eigenvalue weighted by atomic mass is 32.2. The lowest BCUT2D eigenvalue weighted by Crippen LogP contribution is -2.42. The fraction of sp³-hybridized carbons (Fsp3) is 0.130. The Kier molecular flexibility index (Phi) is 9.78. The van der Waals surface area contributed by atoms with E-state index >= 15 is 0 Å². The summed E-state index contributed by atoms with van der Waals surface area (Å²) < 4.78 is -0.606. The van der Waals surface area contributed by atoms with Crippen LogP contribution in [-0.2, 0) is 11.3 Å². The number of carbonyl (C=O) groups is 4. The number of benzene rings is 6. The summed E-state index contributed by atoms with van der Waals surface area (Å²) in [7, 11) is 0. The first-order valence-electron chi connectivity index (χ1n) is 18.0. The zero-order chi connectivity index (χ0) is 37.1. The van der Waals surface area contributed by atoms with Crippen LogP contribution in [0, 0.1) is 0 Å². The van der Waals surface area contributed by atoms with Gasteiger partial charge < -0.3 is 0 Å². The molecule has 0 atom stereocenters. The molecule has 8 rings (SSSR count). The van der Waals surface area contributed by atoms with Crippen LogP contribution < -0.4 is 0 Å². The van der Waals surface area contributed by atoms with Crippen molar-refractivity contribution in [3.63, 3.8) is 0 Å². The molecule has 8 heteroatoms. The second kappa shape index (κ2) is 15.1. The molecule has 0 aliphatic carbocycles. The number of nitrogens with zero attached hydrogens (tertiary/aromatic N) is 3. The van der Waals surface area contributed by atoms with Gasteiger partial charge in [0.25, 0.3) is 23.6 Å². The summed E-state index contributed by atoms with van der Waals surface area (Å²) in [5.41, 5.74) is 6.06. The Morgan fingerprint density at radius 1 is 0.426 bits per heavy atom. The van der Waals surface area contributed by atoms with E-state index in [-0.39, 0.29) is 36.7 Å². The summed E-state index contributed by atoms with van der Waals surface area (Å²) in [4.78, 5) is 59.2. The van der Waals surface area contributed by atoms with Gasteiger partial charge in [0.2, 0.25) is 0 Å². The monoisotopic (exact) mass is 727 g/mol. The highest BCUT2D eigenvalue weighted by Gasteiger charge is 2.39. The van der Waals surface area contributed by atoms with Gasteiger partial charge in [-0.15, -0.1) is 11.8 Å². The Morgan fingerprint density at radius 2 is 0.759 bits per heavy atom. The van der Waals surface area contributed by atoms with E-state index in [9.17, 15) is 19.2 Å². The Morgan fingerprint density at radius 3 is 1.15 bits per heavy atom. The van der Waals surface area contributed by atoms with Crippen LogP contribution in [0.4, 0.5) is 0 Å². The summed E-state index contributed by atoms with van der Waals surface area (Å²) in [6.07, 6.45) is 0. The van der Waals surface area contributed by atoms with Crippen LogP contribution in [-0.4, -0.2) is 64.5 Å². The topological polar surface area (TPSA) is 78.0 Å². The zero-order valence-corrected chi connectivity index (χ0v) is 30.3. The molecule has 6 aromatic carbocycles. The fourth-order valence-corrected chi connectivity index (χ4v) is 8.97. The van der Waals surface area contributed by atoms with Gasteiger partial charge in [-0.05, 0) is 52.6 Å². The molecular weight excluding hydrogens is 691 g/mol. The molecule has 0 radical (unpaired) electrons. The lowest BCUT2D eigenvalue weighted by molar-refractivity contribution is 0.0618. The number of imide groups is 2. The molecule has 0 N–H and O–H groups in total. The van der Waals surface area contributed by atoms with E-state index in [4.69, 9.17) is 0 Å². The third-order valence-corrected chi connectivity index (χ3v) is 11.8. The predicted octanol–water partition coefficient (Wildman–Crippen LogP) is 8.17. The average Bonchev–Trinajstić information content (AvgIpc) is 3.62. The van der Waals surface area contributed by atoms with Crippen LogP contribution in [0.15, 0.2) is 169 Å². The molecule has 0 saturated carbocycles. The van der Waals surface area contributed by atoms with Crippen LogP contribution in [0.25, 0.3) is 0 Å². The Bertz CT molecular complexity index is 2100. The maximum absolute atomic E-state index is 13.4. The van der Waals surface area contributed by atoms with Crippen LogP contribution >= 0.6 is 11.8 Å². The third kappa shape index (κ3) is 6.44. The molecule has 7 nitrogen and oxygen atoms in total. The van der Waals surface area contributed by atoms with Gasteiger partial charge in [-0.3, -0.25) is 33.9 Å². The molecular formula is C46H37N3O4S. The van der Waals surface area contributed by atoms with Gasteiger partial charge in [-0.1, -0.05) is 133 Å². The average molecular weight is 728 g/mol.